The second-order valence-electron chi connectivity index (χ2n) is 8.44. The first-order chi connectivity index (χ1) is 15.5. The predicted molar refractivity (Wildman–Crippen MR) is 123 cm³/mol. The summed E-state index contributed by atoms with van der Waals surface area (Å²) in [6.07, 6.45) is 2.06. The van der Waals surface area contributed by atoms with Crippen molar-refractivity contribution in [3.63, 3.8) is 0 Å². The van der Waals surface area contributed by atoms with E-state index in [4.69, 9.17) is 4.74 Å². The van der Waals surface area contributed by atoms with Gasteiger partial charge in [0.25, 0.3) is 11.6 Å². The average Bonchev–Trinajstić information content (AvgIpc) is 3.34. The quantitative estimate of drug-likeness (QED) is 0.527. The van der Waals surface area contributed by atoms with Crippen molar-refractivity contribution in [1.82, 2.24) is 10.2 Å². The Kier molecular flexibility index (Phi) is 7.02. The molecule has 4 rings (SSSR count). The Labute approximate surface area is 188 Å². The highest BCUT2D eigenvalue weighted by atomic mass is 16.6. The predicted octanol–water partition coefficient (Wildman–Crippen LogP) is 3.31. The number of anilines is 1. The first kappa shape index (κ1) is 22.2. The Balaban J connectivity index is 1.51. The Hall–Kier alpha value is -2.97. The third-order valence-electron chi connectivity index (χ3n) is 6.25. The summed E-state index contributed by atoms with van der Waals surface area (Å²) < 4.78 is 5.50. The van der Waals surface area contributed by atoms with E-state index in [0.717, 1.165) is 44.6 Å². The molecule has 8 nitrogen and oxygen atoms in total. The molecule has 2 fully saturated rings. The fourth-order valence-electron chi connectivity index (χ4n) is 4.55. The summed E-state index contributed by atoms with van der Waals surface area (Å²) in [5.74, 6) is -0.299. The third-order valence-corrected chi connectivity index (χ3v) is 6.25. The van der Waals surface area contributed by atoms with E-state index in [0.29, 0.717) is 31.0 Å². The first-order valence-corrected chi connectivity index (χ1v) is 11.2. The van der Waals surface area contributed by atoms with Gasteiger partial charge in [-0.2, -0.15) is 0 Å². The molecule has 2 aromatic carbocycles. The van der Waals surface area contributed by atoms with Crippen molar-refractivity contribution in [2.24, 2.45) is 0 Å². The molecule has 0 radical (unpaired) electrons. The lowest BCUT2D eigenvalue weighted by Gasteiger charge is -2.35. The molecular weight excluding hydrogens is 408 g/mol. The number of rotatable bonds is 7. The van der Waals surface area contributed by atoms with Gasteiger partial charge in [0.15, 0.2) is 0 Å². The van der Waals surface area contributed by atoms with Crippen LogP contribution < -0.4 is 10.2 Å². The molecule has 2 aliphatic heterocycles. The Morgan fingerprint density at radius 1 is 1.12 bits per heavy atom. The highest BCUT2D eigenvalue weighted by Gasteiger charge is 2.26. The van der Waals surface area contributed by atoms with Crippen LogP contribution in [-0.4, -0.2) is 61.7 Å². The lowest BCUT2D eigenvalue weighted by molar-refractivity contribution is -0.384. The minimum absolute atomic E-state index is 0.0111. The largest absolute Gasteiger partial charge is 0.379 e. The minimum atomic E-state index is -0.395. The van der Waals surface area contributed by atoms with Crippen molar-refractivity contribution < 1.29 is 14.5 Å². The number of nitrogens with zero attached hydrogens (tertiary/aromatic N) is 3. The van der Waals surface area contributed by atoms with Gasteiger partial charge >= 0.3 is 0 Å². The summed E-state index contributed by atoms with van der Waals surface area (Å²) in [5, 5.41) is 14.7. The fourth-order valence-corrected chi connectivity index (χ4v) is 4.55. The molecule has 1 unspecified atom stereocenters. The van der Waals surface area contributed by atoms with E-state index in [1.807, 2.05) is 11.0 Å². The summed E-state index contributed by atoms with van der Waals surface area (Å²) in [6.45, 7) is 7.02. The van der Waals surface area contributed by atoms with Gasteiger partial charge in [-0.25, -0.2) is 0 Å². The molecule has 1 amide bonds. The van der Waals surface area contributed by atoms with Gasteiger partial charge in [0.05, 0.1) is 24.2 Å². The number of carbonyl (C=O) groups excluding carboxylic acids is 1. The number of benzene rings is 2. The number of hydrogen-bond donors (Lipinski definition) is 1. The van der Waals surface area contributed by atoms with Gasteiger partial charge in [0.1, 0.15) is 5.69 Å². The molecule has 2 heterocycles. The zero-order valence-electron chi connectivity index (χ0n) is 18.5. The average molecular weight is 439 g/mol. The number of amides is 1. The van der Waals surface area contributed by atoms with E-state index >= 15 is 0 Å². The standard InChI is InChI=1S/C24H30N4O4/c1-18-5-4-6-19(15-18)23(27-11-13-32-14-12-27)17-25-24(29)20-7-8-21(22(16-20)28(30)31)26-9-2-3-10-26/h4-8,15-16,23H,2-3,9-14,17H2,1H3,(H,25,29). The van der Waals surface area contributed by atoms with Gasteiger partial charge in [0, 0.05) is 44.4 Å². The van der Waals surface area contributed by atoms with Crippen LogP contribution in [0.4, 0.5) is 11.4 Å². The fraction of sp³-hybridized carbons (Fsp3) is 0.458. The van der Waals surface area contributed by atoms with Gasteiger partial charge in [-0.05, 0) is 37.5 Å². The maximum Gasteiger partial charge on any atom is 0.293 e. The van der Waals surface area contributed by atoms with Gasteiger partial charge in [-0.15, -0.1) is 0 Å². The number of nitro groups is 1. The maximum absolute atomic E-state index is 12.9. The van der Waals surface area contributed by atoms with Crippen LogP contribution in [0.1, 0.15) is 40.4 Å². The van der Waals surface area contributed by atoms with Crippen molar-refractivity contribution in [2.45, 2.75) is 25.8 Å². The molecule has 0 spiro atoms. The molecular formula is C24H30N4O4. The van der Waals surface area contributed by atoms with E-state index in [2.05, 4.69) is 35.3 Å². The molecule has 0 aliphatic carbocycles. The van der Waals surface area contributed by atoms with Crippen LogP contribution in [0, 0.1) is 17.0 Å². The van der Waals surface area contributed by atoms with Gasteiger partial charge in [-0.3, -0.25) is 19.8 Å². The van der Waals surface area contributed by atoms with E-state index in [1.165, 1.54) is 11.6 Å². The van der Waals surface area contributed by atoms with E-state index < -0.39 is 4.92 Å². The third kappa shape index (κ3) is 5.08. The molecule has 1 atom stereocenters. The lowest BCUT2D eigenvalue weighted by atomic mass is 10.0. The Morgan fingerprint density at radius 2 is 1.88 bits per heavy atom. The van der Waals surface area contributed by atoms with Crippen LogP contribution in [0.15, 0.2) is 42.5 Å². The number of morpholine rings is 1. The number of aryl methyl sites for hydroxylation is 1. The molecule has 0 bridgehead atoms. The number of hydrogen-bond acceptors (Lipinski definition) is 6. The number of nitrogens with one attached hydrogen (secondary N) is 1. The van der Waals surface area contributed by atoms with Crippen molar-refractivity contribution in [1.29, 1.82) is 0 Å². The highest BCUT2D eigenvalue weighted by Crippen LogP contribution is 2.31. The zero-order chi connectivity index (χ0) is 22.5. The summed E-state index contributed by atoms with van der Waals surface area (Å²) in [5.41, 5.74) is 3.20. The van der Waals surface area contributed by atoms with Crippen LogP contribution in [0.2, 0.25) is 0 Å². The second kappa shape index (κ2) is 10.1. The summed E-state index contributed by atoms with van der Waals surface area (Å²) >= 11 is 0. The molecule has 2 saturated heterocycles. The summed E-state index contributed by atoms with van der Waals surface area (Å²) in [4.78, 5) is 28.6. The normalized spacial score (nSPS) is 17.8. The Bertz CT molecular complexity index is 968. The van der Waals surface area contributed by atoms with E-state index in [-0.39, 0.29) is 17.6 Å². The zero-order valence-corrected chi connectivity index (χ0v) is 18.5. The molecule has 2 aromatic rings. The van der Waals surface area contributed by atoms with Crippen LogP contribution in [0.25, 0.3) is 0 Å². The molecule has 8 heteroatoms. The summed E-state index contributed by atoms with van der Waals surface area (Å²) in [6, 6.07) is 13.1. The van der Waals surface area contributed by atoms with Crippen LogP contribution in [-0.2, 0) is 4.74 Å². The smallest absolute Gasteiger partial charge is 0.293 e. The van der Waals surface area contributed by atoms with Gasteiger partial charge in [0.2, 0.25) is 0 Å². The van der Waals surface area contributed by atoms with Crippen molar-refractivity contribution in [2.75, 3.05) is 50.8 Å². The van der Waals surface area contributed by atoms with Crippen molar-refractivity contribution >= 4 is 17.3 Å². The van der Waals surface area contributed by atoms with Crippen molar-refractivity contribution in [3.8, 4) is 0 Å². The van der Waals surface area contributed by atoms with Crippen LogP contribution >= 0.6 is 0 Å². The minimum Gasteiger partial charge on any atom is -0.379 e. The highest BCUT2D eigenvalue weighted by molar-refractivity contribution is 5.95. The molecule has 2 aliphatic rings. The Morgan fingerprint density at radius 3 is 2.56 bits per heavy atom. The topological polar surface area (TPSA) is 88.0 Å². The second-order valence-corrected chi connectivity index (χ2v) is 8.44. The van der Waals surface area contributed by atoms with Gasteiger partial charge in [-0.1, -0.05) is 29.8 Å². The van der Waals surface area contributed by atoms with E-state index in [1.54, 1.807) is 12.1 Å². The monoisotopic (exact) mass is 438 g/mol. The first-order valence-electron chi connectivity index (χ1n) is 11.2. The van der Waals surface area contributed by atoms with Crippen molar-refractivity contribution in [3.05, 3.63) is 69.3 Å². The number of carbonyl (C=O) groups is 1. The number of nitro benzene ring substituents is 1. The van der Waals surface area contributed by atoms with E-state index in [9.17, 15) is 14.9 Å². The summed E-state index contributed by atoms with van der Waals surface area (Å²) in [7, 11) is 0. The van der Waals surface area contributed by atoms with Crippen LogP contribution in [0.5, 0.6) is 0 Å². The molecule has 0 aromatic heterocycles. The molecule has 32 heavy (non-hydrogen) atoms. The maximum atomic E-state index is 12.9. The number of ether oxygens (including phenoxy) is 1. The SMILES string of the molecule is Cc1cccc(C(CNC(=O)c2ccc(N3CCCC3)c([N+](=O)[O-])c2)N2CCOCC2)c1. The molecule has 0 saturated carbocycles. The lowest BCUT2D eigenvalue weighted by Crippen LogP contribution is -2.43. The van der Waals surface area contributed by atoms with Gasteiger partial charge < -0.3 is 15.0 Å². The van der Waals surface area contributed by atoms with Crippen LogP contribution in [0.3, 0.4) is 0 Å². The molecule has 1 N–H and O–H groups in total. The molecule has 170 valence electrons.